The predicted molar refractivity (Wildman–Crippen MR) is 114 cm³/mol. The largest absolute Gasteiger partial charge is 0.369 e. The molecule has 7 aliphatic heterocycles. The average Bonchev–Trinajstić information content (AvgIpc) is 3.23. The fourth-order valence-corrected chi connectivity index (χ4v) is 7.22. The zero-order valence-electron chi connectivity index (χ0n) is 17.8. The molecule has 174 valence electrons. The number of halogens is 2. The second kappa shape index (κ2) is 7.62. The lowest BCUT2D eigenvalue weighted by molar-refractivity contribution is -0.326. The second-order valence-electron chi connectivity index (χ2n) is 9.64. The van der Waals surface area contributed by atoms with Gasteiger partial charge in [0.1, 0.15) is 30.5 Å². The van der Waals surface area contributed by atoms with Crippen molar-refractivity contribution >= 4 is 27.5 Å². The van der Waals surface area contributed by atoms with Crippen molar-refractivity contribution in [3.63, 3.8) is 0 Å². The molecule has 7 heterocycles. The van der Waals surface area contributed by atoms with Gasteiger partial charge in [0.05, 0.1) is 12.2 Å². The van der Waals surface area contributed by atoms with Crippen molar-refractivity contribution in [2.75, 3.05) is 0 Å². The number of alkyl halides is 1. The Morgan fingerprint density at radius 2 is 1.87 bits per heavy atom. The highest BCUT2D eigenvalue weighted by Gasteiger charge is 2.82. The number of ether oxygens (including phenoxy) is 7. The maximum absolute atomic E-state index is 6.84. The number of rotatable bonds is 6. The lowest BCUT2D eigenvalue weighted by Gasteiger charge is -2.47. The molecule has 7 saturated heterocycles. The summed E-state index contributed by atoms with van der Waals surface area (Å²) in [6.07, 6.45) is 2.64. The topological polar surface area (TPSA) is 64.6 Å². The summed E-state index contributed by atoms with van der Waals surface area (Å²) in [6.45, 7) is 7.94. The first kappa shape index (κ1) is 21.7. The molecular formula is C22H30BrClO7. The van der Waals surface area contributed by atoms with Crippen LogP contribution in [0.1, 0.15) is 52.4 Å². The van der Waals surface area contributed by atoms with Crippen molar-refractivity contribution in [3.05, 3.63) is 11.1 Å². The van der Waals surface area contributed by atoms with Gasteiger partial charge in [-0.05, 0) is 43.5 Å². The van der Waals surface area contributed by atoms with E-state index in [2.05, 4.69) is 29.4 Å². The molecule has 9 heteroatoms. The van der Waals surface area contributed by atoms with E-state index in [0.717, 1.165) is 23.7 Å². The fourth-order valence-electron chi connectivity index (χ4n) is 6.35. The first-order chi connectivity index (χ1) is 14.8. The molecular weight excluding hydrogens is 492 g/mol. The van der Waals surface area contributed by atoms with Crippen molar-refractivity contribution in [1.29, 1.82) is 0 Å². The van der Waals surface area contributed by atoms with Crippen LogP contribution >= 0.6 is 27.5 Å². The predicted octanol–water partition coefficient (Wildman–Crippen LogP) is 3.75. The Hall–Kier alpha value is 0.230. The van der Waals surface area contributed by atoms with Gasteiger partial charge in [0, 0.05) is 11.8 Å². The van der Waals surface area contributed by atoms with Gasteiger partial charge in [-0.2, -0.15) is 0 Å². The molecule has 0 aliphatic carbocycles. The van der Waals surface area contributed by atoms with Gasteiger partial charge >= 0.3 is 0 Å². The molecule has 0 aromatic rings. The SMILES string of the molecule is C=C(Br)CC(Cl)CCC12OC3C4OC(CC)CCC4OC4C3OC3(OC(C)OC13)C4O2. The molecule has 0 saturated carbocycles. The first-order valence-corrected chi connectivity index (χ1v) is 12.7. The molecule has 7 nitrogen and oxygen atoms in total. The Labute approximate surface area is 196 Å². The van der Waals surface area contributed by atoms with Gasteiger partial charge in [-0.1, -0.05) is 29.4 Å². The monoisotopic (exact) mass is 520 g/mol. The molecule has 0 amide bonds. The van der Waals surface area contributed by atoms with Crippen molar-refractivity contribution in [3.8, 4) is 0 Å². The second-order valence-corrected chi connectivity index (χ2v) is 11.4. The van der Waals surface area contributed by atoms with Gasteiger partial charge < -0.3 is 33.2 Å². The quantitative estimate of drug-likeness (QED) is 0.493. The van der Waals surface area contributed by atoms with E-state index in [1.54, 1.807) is 0 Å². The molecule has 1 spiro atoms. The summed E-state index contributed by atoms with van der Waals surface area (Å²) < 4.78 is 46.4. The zero-order valence-corrected chi connectivity index (χ0v) is 20.2. The van der Waals surface area contributed by atoms with Gasteiger partial charge in [0.2, 0.25) is 11.6 Å². The third kappa shape index (κ3) is 3.17. The molecule has 12 atom stereocenters. The summed E-state index contributed by atoms with van der Waals surface area (Å²) in [5, 5.41) is -0.0962. The van der Waals surface area contributed by atoms with E-state index in [9.17, 15) is 0 Å². The number of hydrogen-bond donors (Lipinski definition) is 0. The number of allylic oxidation sites excluding steroid dienone is 1. The van der Waals surface area contributed by atoms with Crippen LogP contribution in [-0.2, 0) is 33.2 Å². The van der Waals surface area contributed by atoms with E-state index in [1.807, 2.05) is 6.92 Å². The molecule has 0 radical (unpaired) electrons. The molecule has 0 aromatic heterocycles. The van der Waals surface area contributed by atoms with Crippen LogP contribution in [0.3, 0.4) is 0 Å². The van der Waals surface area contributed by atoms with Crippen LogP contribution in [0, 0.1) is 0 Å². The maximum atomic E-state index is 6.84. The molecule has 0 N–H and O–H groups in total. The van der Waals surface area contributed by atoms with Crippen LogP contribution in [0.4, 0.5) is 0 Å². The summed E-state index contributed by atoms with van der Waals surface area (Å²) in [4.78, 5) is 0. The van der Waals surface area contributed by atoms with Crippen molar-refractivity contribution < 1.29 is 33.2 Å². The standard InChI is InChI=1S/C22H30BrClO7/c1-4-13-5-6-14-15(26-13)16-17-18(27-14)19-22(30-17)20(25-11(3)28-22)21(29-16,31-19)8-7-12(24)9-10(2)23/h11-20H,2,4-9H2,1,3H3. The zero-order chi connectivity index (χ0) is 21.5. The minimum Gasteiger partial charge on any atom is -0.369 e. The summed E-state index contributed by atoms with van der Waals surface area (Å²) in [5.41, 5.74) is 0. The van der Waals surface area contributed by atoms with E-state index in [1.165, 1.54) is 0 Å². The molecule has 7 rings (SSSR count). The van der Waals surface area contributed by atoms with Gasteiger partial charge in [-0.15, -0.1) is 11.6 Å². The van der Waals surface area contributed by atoms with E-state index < -0.39 is 30.1 Å². The van der Waals surface area contributed by atoms with Crippen molar-refractivity contribution in [1.82, 2.24) is 0 Å². The summed E-state index contributed by atoms with van der Waals surface area (Å²) in [7, 11) is 0. The highest BCUT2D eigenvalue weighted by molar-refractivity contribution is 9.11. The average molecular weight is 522 g/mol. The molecule has 12 unspecified atom stereocenters. The van der Waals surface area contributed by atoms with Crippen LogP contribution in [0.5, 0.6) is 0 Å². The van der Waals surface area contributed by atoms with Crippen LogP contribution in [0.25, 0.3) is 0 Å². The van der Waals surface area contributed by atoms with Crippen LogP contribution < -0.4 is 0 Å². The van der Waals surface area contributed by atoms with E-state index in [4.69, 9.17) is 44.8 Å². The van der Waals surface area contributed by atoms with Crippen LogP contribution in [0.15, 0.2) is 11.1 Å². The van der Waals surface area contributed by atoms with Crippen molar-refractivity contribution in [2.45, 2.75) is 124 Å². The lowest BCUT2D eigenvalue weighted by Crippen LogP contribution is -2.62. The fraction of sp³-hybridized carbons (Fsp3) is 0.909. The maximum Gasteiger partial charge on any atom is 0.233 e. The van der Waals surface area contributed by atoms with Gasteiger partial charge in [-0.3, -0.25) is 0 Å². The first-order valence-electron chi connectivity index (χ1n) is 11.5. The molecule has 0 aromatic carbocycles. The van der Waals surface area contributed by atoms with Crippen LogP contribution in [0.2, 0.25) is 0 Å². The highest BCUT2D eigenvalue weighted by atomic mass is 79.9. The third-order valence-corrected chi connectivity index (χ3v) is 8.31. The van der Waals surface area contributed by atoms with Crippen molar-refractivity contribution in [2.24, 2.45) is 0 Å². The minimum absolute atomic E-state index is 0.0245. The number of hydrogen-bond acceptors (Lipinski definition) is 7. The van der Waals surface area contributed by atoms with E-state index >= 15 is 0 Å². The summed E-state index contributed by atoms with van der Waals surface area (Å²) >= 11 is 10.00. The van der Waals surface area contributed by atoms with Crippen LogP contribution in [-0.4, -0.2) is 72.1 Å². The molecule has 31 heavy (non-hydrogen) atoms. The minimum atomic E-state index is -1.01. The van der Waals surface area contributed by atoms with Gasteiger partial charge in [0.15, 0.2) is 12.4 Å². The lowest BCUT2D eigenvalue weighted by atomic mass is 9.86. The smallest absolute Gasteiger partial charge is 0.233 e. The summed E-state index contributed by atoms with van der Waals surface area (Å²) in [5.74, 6) is -2.02. The summed E-state index contributed by atoms with van der Waals surface area (Å²) in [6, 6.07) is 0. The Bertz CT molecular complexity index is 755. The Morgan fingerprint density at radius 1 is 1.06 bits per heavy atom. The Morgan fingerprint density at radius 3 is 2.65 bits per heavy atom. The molecule has 7 aliphatic rings. The van der Waals surface area contributed by atoms with E-state index in [-0.39, 0.29) is 42.0 Å². The Kier molecular flexibility index (Phi) is 5.34. The third-order valence-electron chi connectivity index (χ3n) is 7.62. The van der Waals surface area contributed by atoms with Gasteiger partial charge in [0.25, 0.3) is 0 Å². The highest BCUT2D eigenvalue weighted by Crippen LogP contribution is 2.62. The molecule has 6 bridgehead atoms. The normalized spacial score (nSPS) is 55.0. The molecule has 7 fully saturated rings. The van der Waals surface area contributed by atoms with E-state index in [0.29, 0.717) is 19.3 Å². The number of fused-ring (bicyclic) bond motifs is 1. The van der Waals surface area contributed by atoms with Gasteiger partial charge in [-0.25, -0.2) is 0 Å². The Balaban J connectivity index is 1.34.